The number of nitrogens with zero attached hydrogens (tertiary/aromatic N) is 1. The Balaban J connectivity index is 2.64. The van der Waals surface area contributed by atoms with Crippen LogP contribution in [0.4, 0.5) is 11.4 Å². The van der Waals surface area contributed by atoms with E-state index in [-0.39, 0.29) is 10.6 Å². The van der Waals surface area contributed by atoms with Gasteiger partial charge in [-0.1, -0.05) is 26.0 Å². The van der Waals surface area contributed by atoms with Crippen molar-refractivity contribution in [3.05, 3.63) is 33.9 Å². The maximum absolute atomic E-state index is 10.9. The molecule has 0 amide bonds. The maximum atomic E-state index is 10.9. The predicted molar refractivity (Wildman–Crippen MR) is 69.5 cm³/mol. The van der Waals surface area contributed by atoms with Crippen molar-refractivity contribution in [2.45, 2.75) is 26.8 Å². The fourth-order valence-corrected chi connectivity index (χ4v) is 1.60. The highest BCUT2D eigenvalue weighted by molar-refractivity contribution is 5.64. The number of benzene rings is 1. The molecule has 5 nitrogen and oxygen atoms in total. The van der Waals surface area contributed by atoms with Gasteiger partial charge in [-0.3, -0.25) is 10.1 Å². The summed E-state index contributed by atoms with van der Waals surface area (Å²) >= 11 is 0. The van der Waals surface area contributed by atoms with Crippen LogP contribution in [-0.4, -0.2) is 24.1 Å². The van der Waals surface area contributed by atoms with E-state index < -0.39 is 0 Å². The minimum atomic E-state index is -0.340. The van der Waals surface area contributed by atoms with Gasteiger partial charge in [0.25, 0.3) is 5.69 Å². The molecule has 0 fully saturated rings. The molecule has 0 heterocycles. The van der Waals surface area contributed by atoms with Gasteiger partial charge in [0.2, 0.25) is 0 Å². The van der Waals surface area contributed by atoms with Crippen LogP contribution in [0, 0.1) is 17.0 Å². The molecule has 0 aliphatic carbocycles. The highest BCUT2D eigenvalue weighted by atomic mass is 16.6. The number of nitro benzene ring substituents is 1. The average molecular weight is 237 g/mol. The van der Waals surface area contributed by atoms with E-state index in [1.54, 1.807) is 19.1 Å². The third kappa shape index (κ3) is 4.03. The van der Waals surface area contributed by atoms with Gasteiger partial charge in [-0.15, -0.1) is 0 Å². The Kier molecular flexibility index (Phi) is 4.90. The number of hydrogen-bond acceptors (Lipinski definition) is 4. The molecule has 94 valence electrons. The lowest BCUT2D eigenvalue weighted by molar-refractivity contribution is -0.384. The van der Waals surface area contributed by atoms with Crippen LogP contribution in [0.5, 0.6) is 0 Å². The van der Waals surface area contributed by atoms with Crippen molar-refractivity contribution < 1.29 is 4.92 Å². The number of nitrogens with one attached hydrogen (secondary N) is 2. The lowest BCUT2D eigenvalue weighted by Crippen LogP contribution is -2.28. The molecular weight excluding hydrogens is 218 g/mol. The number of nitro groups is 1. The molecule has 0 saturated heterocycles. The van der Waals surface area contributed by atoms with Gasteiger partial charge in [-0.25, -0.2) is 0 Å². The van der Waals surface area contributed by atoms with Crippen LogP contribution in [0.25, 0.3) is 0 Å². The van der Waals surface area contributed by atoms with Gasteiger partial charge < -0.3 is 10.6 Å². The lowest BCUT2D eigenvalue weighted by Gasteiger charge is -2.11. The number of rotatable bonds is 6. The van der Waals surface area contributed by atoms with E-state index in [2.05, 4.69) is 24.5 Å². The monoisotopic (exact) mass is 237 g/mol. The van der Waals surface area contributed by atoms with Crippen LogP contribution >= 0.6 is 0 Å². The molecular formula is C12H19N3O2. The van der Waals surface area contributed by atoms with E-state index in [9.17, 15) is 10.1 Å². The van der Waals surface area contributed by atoms with Gasteiger partial charge in [0, 0.05) is 24.7 Å². The Morgan fingerprint density at radius 3 is 2.65 bits per heavy atom. The van der Waals surface area contributed by atoms with Crippen molar-refractivity contribution in [3.63, 3.8) is 0 Å². The fraction of sp³-hybridized carbons (Fsp3) is 0.500. The van der Waals surface area contributed by atoms with Gasteiger partial charge in [0.05, 0.1) is 4.92 Å². The lowest BCUT2D eigenvalue weighted by atomic mass is 10.1. The molecule has 2 N–H and O–H groups in total. The first-order chi connectivity index (χ1) is 8.02. The van der Waals surface area contributed by atoms with Crippen LogP contribution in [0.3, 0.4) is 0 Å². The number of para-hydroxylation sites is 1. The quantitative estimate of drug-likeness (QED) is 0.452. The molecule has 1 aromatic carbocycles. The molecule has 5 heteroatoms. The van der Waals surface area contributed by atoms with Crippen molar-refractivity contribution in [2.75, 3.05) is 18.4 Å². The van der Waals surface area contributed by atoms with Crippen LogP contribution in [0.1, 0.15) is 19.4 Å². The molecule has 0 aliphatic heterocycles. The van der Waals surface area contributed by atoms with E-state index in [0.717, 1.165) is 6.54 Å². The minimum Gasteiger partial charge on any atom is -0.378 e. The molecule has 0 bridgehead atoms. The predicted octanol–water partition coefficient (Wildman–Crippen LogP) is 2.31. The van der Waals surface area contributed by atoms with Gasteiger partial charge in [0.15, 0.2) is 0 Å². The molecule has 0 spiro atoms. The van der Waals surface area contributed by atoms with Crippen LogP contribution in [-0.2, 0) is 0 Å². The molecule has 0 saturated carbocycles. The van der Waals surface area contributed by atoms with Gasteiger partial charge in [0.1, 0.15) is 5.69 Å². The van der Waals surface area contributed by atoms with Crippen LogP contribution < -0.4 is 10.6 Å². The minimum absolute atomic E-state index is 0.164. The van der Waals surface area contributed by atoms with E-state index >= 15 is 0 Å². The second kappa shape index (κ2) is 6.20. The molecule has 1 aromatic rings. The average Bonchev–Trinajstić information content (AvgIpc) is 2.23. The van der Waals surface area contributed by atoms with Crippen LogP contribution in [0.15, 0.2) is 18.2 Å². The third-order valence-electron chi connectivity index (χ3n) is 2.41. The summed E-state index contributed by atoms with van der Waals surface area (Å²) < 4.78 is 0. The van der Waals surface area contributed by atoms with Crippen molar-refractivity contribution in [2.24, 2.45) is 0 Å². The third-order valence-corrected chi connectivity index (χ3v) is 2.41. The first-order valence-electron chi connectivity index (χ1n) is 5.73. The number of hydrogen-bond donors (Lipinski definition) is 2. The molecule has 0 atom stereocenters. The zero-order valence-corrected chi connectivity index (χ0v) is 10.5. The number of aryl methyl sites for hydroxylation is 1. The summed E-state index contributed by atoms with van der Waals surface area (Å²) in [6.07, 6.45) is 0. The largest absolute Gasteiger partial charge is 0.378 e. The van der Waals surface area contributed by atoms with Crippen LogP contribution in [0.2, 0.25) is 0 Å². The molecule has 0 aromatic heterocycles. The van der Waals surface area contributed by atoms with E-state index in [1.165, 1.54) is 0 Å². The second-order valence-corrected chi connectivity index (χ2v) is 4.26. The highest BCUT2D eigenvalue weighted by Crippen LogP contribution is 2.27. The Bertz CT molecular complexity index is 391. The maximum Gasteiger partial charge on any atom is 0.295 e. The van der Waals surface area contributed by atoms with Gasteiger partial charge in [-0.2, -0.15) is 0 Å². The highest BCUT2D eigenvalue weighted by Gasteiger charge is 2.15. The van der Waals surface area contributed by atoms with Crippen molar-refractivity contribution >= 4 is 11.4 Å². The first-order valence-corrected chi connectivity index (χ1v) is 5.73. The summed E-state index contributed by atoms with van der Waals surface area (Å²) in [5, 5.41) is 17.3. The topological polar surface area (TPSA) is 67.2 Å². The standard InChI is InChI=1S/C12H19N3O2/c1-9(2)13-7-8-14-11-6-4-5-10(3)12(11)15(16)17/h4-6,9,13-14H,7-8H2,1-3H3. The zero-order valence-electron chi connectivity index (χ0n) is 10.5. The molecule has 17 heavy (non-hydrogen) atoms. The smallest absolute Gasteiger partial charge is 0.295 e. The molecule has 0 unspecified atom stereocenters. The Labute approximate surface area is 101 Å². The summed E-state index contributed by atoms with van der Waals surface area (Å²) in [5.74, 6) is 0. The van der Waals surface area contributed by atoms with Crippen molar-refractivity contribution in [1.29, 1.82) is 0 Å². The first kappa shape index (κ1) is 13.4. The van der Waals surface area contributed by atoms with E-state index in [4.69, 9.17) is 0 Å². The van der Waals surface area contributed by atoms with Gasteiger partial charge in [-0.05, 0) is 13.0 Å². The zero-order chi connectivity index (χ0) is 12.8. The Morgan fingerprint density at radius 1 is 1.35 bits per heavy atom. The Hall–Kier alpha value is -1.62. The van der Waals surface area contributed by atoms with E-state index in [0.29, 0.717) is 23.8 Å². The SMILES string of the molecule is Cc1cccc(NCCNC(C)C)c1[N+](=O)[O-]. The van der Waals surface area contributed by atoms with Gasteiger partial charge >= 0.3 is 0 Å². The normalized spacial score (nSPS) is 10.6. The van der Waals surface area contributed by atoms with E-state index in [1.807, 2.05) is 6.07 Å². The molecule has 0 aliphatic rings. The van der Waals surface area contributed by atoms with Crippen molar-refractivity contribution in [1.82, 2.24) is 5.32 Å². The van der Waals surface area contributed by atoms with Crippen molar-refractivity contribution in [3.8, 4) is 0 Å². The number of anilines is 1. The summed E-state index contributed by atoms with van der Waals surface area (Å²) in [6, 6.07) is 5.72. The summed E-state index contributed by atoms with van der Waals surface area (Å²) in [5.41, 5.74) is 1.43. The Morgan fingerprint density at radius 2 is 2.06 bits per heavy atom. The molecule has 0 radical (unpaired) electrons. The molecule has 1 rings (SSSR count). The fourth-order valence-electron chi connectivity index (χ4n) is 1.60. The summed E-state index contributed by atoms with van der Waals surface area (Å²) in [6.45, 7) is 7.32. The second-order valence-electron chi connectivity index (χ2n) is 4.26. The summed E-state index contributed by atoms with van der Waals surface area (Å²) in [4.78, 5) is 10.6. The summed E-state index contributed by atoms with van der Waals surface area (Å²) in [7, 11) is 0.